The number of H-pyrrole nitrogens is 1. The average molecular weight is 374 g/mol. The minimum Gasteiger partial charge on any atom is -0.469 e. The Bertz CT molecular complexity index is 809. The number of piperidine rings is 1. The number of likely N-dealkylation sites (tertiary alicyclic amines) is 1. The standard InChI is InChI=1S/C20H27FN4O2/c1-3-22-20(25-10-7-14(8-11-25)19(26)27-2)23-9-6-15-13-24-18-5-4-16(21)12-17(15)18/h4-5,12-14,24H,3,6-11H2,1-2H3,(H,22,23). The summed E-state index contributed by atoms with van der Waals surface area (Å²) in [5, 5.41) is 4.24. The van der Waals surface area contributed by atoms with Gasteiger partial charge in [0.1, 0.15) is 5.82 Å². The number of aromatic amines is 1. The predicted octanol–water partition coefficient (Wildman–Crippen LogP) is 2.70. The van der Waals surface area contributed by atoms with Crippen LogP contribution in [0.4, 0.5) is 4.39 Å². The summed E-state index contributed by atoms with van der Waals surface area (Å²) in [6.45, 7) is 5.00. The fourth-order valence-corrected chi connectivity index (χ4v) is 3.56. The number of nitrogens with one attached hydrogen (secondary N) is 2. The van der Waals surface area contributed by atoms with E-state index in [1.165, 1.54) is 13.2 Å². The SMILES string of the molecule is CCNC(=NCCc1c[nH]c2ccc(F)cc12)N1CCC(C(=O)OC)CC1. The molecule has 27 heavy (non-hydrogen) atoms. The van der Waals surface area contributed by atoms with Gasteiger partial charge in [0.05, 0.1) is 13.0 Å². The van der Waals surface area contributed by atoms with Gasteiger partial charge < -0.3 is 19.9 Å². The van der Waals surface area contributed by atoms with Crippen molar-refractivity contribution >= 4 is 22.8 Å². The van der Waals surface area contributed by atoms with Gasteiger partial charge in [0.15, 0.2) is 5.96 Å². The van der Waals surface area contributed by atoms with Gasteiger partial charge in [-0.1, -0.05) is 0 Å². The number of carbonyl (C=O) groups excluding carboxylic acids is 1. The number of aromatic nitrogens is 1. The number of nitrogens with zero attached hydrogens (tertiary/aromatic N) is 2. The molecule has 0 saturated carbocycles. The smallest absolute Gasteiger partial charge is 0.308 e. The van der Waals surface area contributed by atoms with E-state index in [0.717, 1.165) is 61.3 Å². The van der Waals surface area contributed by atoms with Crippen molar-refractivity contribution in [3.63, 3.8) is 0 Å². The van der Waals surface area contributed by atoms with Gasteiger partial charge in [-0.2, -0.15) is 0 Å². The number of guanidine groups is 1. The molecule has 2 heterocycles. The largest absolute Gasteiger partial charge is 0.469 e. The molecule has 1 fully saturated rings. The van der Waals surface area contributed by atoms with Crippen LogP contribution in [0.5, 0.6) is 0 Å². The van der Waals surface area contributed by atoms with Crippen LogP contribution < -0.4 is 5.32 Å². The molecule has 0 unspecified atom stereocenters. The van der Waals surface area contributed by atoms with Crippen LogP contribution in [0.3, 0.4) is 0 Å². The Kier molecular flexibility index (Phi) is 6.32. The van der Waals surface area contributed by atoms with Crippen molar-refractivity contribution in [3.05, 3.63) is 35.8 Å². The Balaban J connectivity index is 1.62. The molecule has 0 radical (unpaired) electrons. The summed E-state index contributed by atoms with van der Waals surface area (Å²) in [4.78, 5) is 21.8. The molecule has 1 aliphatic rings. The number of aliphatic imine (C=N–C) groups is 1. The van der Waals surface area contributed by atoms with Crippen molar-refractivity contribution < 1.29 is 13.9 Å². The number of carbonyl (C=O) groups is 1. The number of fused-ring (bicyclic) bond motifs is 1. The summed E-state index contributed by atoms with van der Waals surface area (Å²) in [5.41, 5.74) is 2.00. The van der Waals surface area contributed by atoms with Crippen molar-refractivity contribution in [2.75, 3.05) is 33.3 Å². The van der Waals surface area contributed by atoms with Crippen LogP contribution in [0.15, 0.2) is 29.4 Å². The first-order valence-corrected chi connectivity index (χ1v) is 9.49. The molecule has 2 N–H and O–H groups in total. The number of benzene rings is 1. The maximum Gasteiger partial charge on any atom is 0.308 e. The first-order chi connectivity index (χ1) is 13.1. The lowest BCUT2D eigenvalue weighted by Crippen LogP contribution is -2.46. The van der Waals surface area contributed by atoms with E-state index < -0.39 is 0 Å². The summed E-state index contributed by atoms with van der Waals surface area (Å²) in [6.07, 6.45) is 4.21. The highest BCUT2D eigenvalue weighted by atomic mass is 19.1. The van der Waals surface area contributed by atoms with E-state index in [2.05, 4.69) is 15.2 Å². The van der Waals surface area contributed by atoms with Gasteiger partial charge in [0.2, 0.25) is 0 Å². The topological polar surface area (TPSA) is 69.7 Å². The van der Waals surface area contributed by atoms with Crippen LogP contribution in [0.1, 0.15) is 25.3 Å². The third kappa shape index (κ3) is 4.59. The van der Waals surface area contributed by atoms with Gasteiger partial charge in [0, 0.05) is 43.3 Å². The third-order valence-corrected chi connectivity index (χ3v) is 5.04. The molecule has 6 nitrogen and oxygen atoms in total. The Morgan fingerprint density at radius 1 is 1.41 bits per heavy atom. The van der Waals surface area contributed by atoms with Gasteiger partial charge >= 0.3 is 5.97 Å². The monoisotopic (exact) mass is 374 g/mol. The van der Waals surface area contributed by atoms with Crippen molar-refractivity contribution in [3.8, 4) is 0 Å². The van der Waals surface area contributed by atoms with Crippen molar-refractivity contribution in [1.82, 2.24) is 15.2 Å². The Morgan fingerprint density at radius 3 is 2.89 bits per heavy atom. The number of rotatable bonds is 5. The van der Waals surface area contributed by atoms with E-state index in [4.69, 9.17) is 9.73 Å². The summed E-state index contributed by atoms with van der Waals surface area (Å²) < 4.78 is 18.4. The van der Waals surface area contributed by atoms with Gasteiger partial charge in [-0.3, -0.25) is 9.79 Å². The second-order valence-electron chi connectivity index (χ2n) is 6.77. The lowest BCUT2D eigenvalue weighted by molar-refractivity contribution is -0.146. The molecule has 7 heteroatoms. The highest BCUT2D eigenvalue weighted by Crippen LogP contribution is 2.21. The molecular formula is C20H27FN4O2. The minimum absolute atomic E-state index is 0.0183. The van der Waals surface area contributed by atoms with E-state index in [-0.39, 0.29) is 17.7 Å². The van der Waals surface area contributed by atoms with Crippen molar-refractivity contribution in [2.45, 2.75) is 26.2 Å². The van der Waals surface area contributed by atoms with Gasteiger partial charge in [-0.15, -0.1) is 0 Å². The van der Waals surface area contributed by atoms with E-state index in [0.29, 0.717) is 6.54 Å². The summed E-state index contributed by atoms with van der Waals surface area (Å²) in [6, 6.07) is 4.78. The molecule has 1 saturated heterocycles. The molecule has 1 aliphatic heterocycles. The zero-order valence-electron chi connectivity index (χ0n) is 15.9. The molecule has 146 valence electrons. The van der Waals surface area contributed by atoms with Crippen LogP contribution in [-0.2, 0) is 16.0 Å². The number of halogens is 1. The number of methoxy groups -OCH3 is 1. The predicted molar refractivity (Wildman–Crippen MR) is 104 cm³/mol. The quantitative estimate of drug-likeness (QED) is 0.480. The van der Waals surface area contributed by atoms with Gasteiger partial charge in [-0.25, -0.2) is 4.39 Å². The highest BCUT2D eigenvalue weighted by molar-refractivity contribution is 5.83. The molecule has 0 aliphatic carbocycles. The first kappa shape index (κ1) is 19.2. The van der Waals surface area contributed by atoms with E-state index in [1.54, 1.807) is 12.1 Å². The fraction of sp³-hybridized carbons (Fsp3) is 0.500. The number of hydrogen-bond acceptors (Lipinski definition) is 3. The molecule has 0 spiro atoms. The first-order valence-electron chi connectivity index (χ1n) is 9.49. The van der Waals surface area contributed by atoms with Crippen LogP contribution in [0.2, 0.25) is 0 Å². The number of esters is 1. The molecule has 0 amide bonds. The van der Waals surface area contributed by atoms with Crippen LogP contribution in [0, 0.1) is 11.7 Å². The van der Waals surface area contributed by atoms with Crippen molar-refractivity contribution in [1.29, 1.82) is 0 Å². The van der Waals surface area contributed by atoms with Crippen LogP contribution in [-0.4, -0.2) is 55.1 Å². The number of hydrogen-bond donors (Lipinski definition) is 2. The lowest BCUT2D eigenvalue weighted by Gasteiger charge is -2.33. The summed E-state index contributed by atoms with van der Waals surface area (Å²) in [5.74, 6) is 0.499. The molecule has 1 aromatic carbocycles. The van der Waals surface area contributed by atoms with Crippen molar-refractivity contribution in [2.24, 2.45) is 10.9 Å². The molecule has 0 bridgehead atoms. The Labute approximate surface area is 158 Å². The molecular weight excluding hydrogens is 347 g/mol. The van der Waals surface area contributed by atoms with Gasteiger partial charge in [-0.05, 0) is 49.9 Å². The number of ether oxygens (including phenoxy) is 1. The van der Waals surface area contributed by atoms with Crippen LogP contribution >= 0.6 is 0 Å². The molecule has 2 aromatic rings. The fourth-order valence-electron chi connectivity index (χ4n) is 3.56. The second-order valence-corrected chi connectivity index (χ2v) is 6.77. The van der Waals surface area contributed by atoms with Crippen LogP contribution in [0.25, 0.3) is 10.9 Å². The van der Waals surface area contributed by atoms with E-state index >= 15 is 0 Å². The average Bonchev–Trinajstić information content (AvgIpc) is 3.09. The minimum atomic E-state index is -0.228. The van der Waals surface area contributed by atoms with E-state index in [1.807, 2.05) is 13.1 Å². The van der Waals surface area contributed by atoms with Gasteiger partial charge in [0.25, 0.3) is 0 Å². The second kappa shape index (κ2) is 8.88. The highest BCUT2D eigenvalue weighted by Gasteiger charge is 2.26. The zero-order chi connectivity index (χ0) is 19.2. The third-order valence-electron chi connectivity index (χ3n) is 5.04. The molecule has 0 atom stereocenters. The van der Waals surface area contributed by atoms with E-state index in [9.17, 15) is 9.18 Å². The maximum absolute atomic E-state index is 13.5. The molecule has 1 aromatic heterocycles. The summed E-state index contributed by atoms with van der Waals surface area (Å²) >= 11 is 0. The zero-order valence-corrected chi connectivity index (χ0v) is 15.9. The Morgan fingerprint density at radius 2 is 2.19 bits per heavy atom. The maximum atomic E-state index is 13.5. The molecule has 3 rings (SSSR count). The summed E-state index contributed by atoms with van der Waals surface area (Å²) in [7, 11) is 1.44. The lowest BCUT2D eigenvalue weighted by atomic mass is 9.97. The Hall–Kier alpha value is -2.57. The normalized spacial score (nSPS) is 16.0.